The van der Waals surface area contributed by atoms with Gasteiger partial charge in [0.25, 0.3) is 0 Å². The quantitative estimate of drug-likeness (QED) is 0.309. The lowest BCUT2D eigenvalue weighted by Gasteiger charge is -2.31. The molecule has 1 rings (SSSR count). The topological polar surface area (TPSA) is 125 Å². The predicted molar refractivity (Wildman–Crippen MR) is 114 cm³/mol. The van der Waals surface area contributed by atoms with Gasteiger partial charge >= 0.3 is 0 Å². The van der Waals surface area contributed by atoms with Crippen LogP contribution in [0.2, 0.25) is 0 Å². The first-order chi connectivity index (χ1) is 14.0. The Bertz CT molecular complexity index is 647. The number of rotatable bonds is 12. The van der Waals surface area contributed by atoms with Crippen LogP contribution in [-0.2, 0) is 24.3 Å². The summed E-state index contributed by atoms with van der Waals surface area (Å²) in [4.78, 5) is 25.6. The van der Waals surface area contributed by atoms with E-state index in [1.165, 1.54) is 0 Å². The van der Waals surface area contributed by atoms with Gasteiger partial charge in [-0.1, -0.05) is 27.7 Å². The number of ether oxygens (including phenoxy) is 1. The van der Waals surface area contributed by atoms with Crippen LogP contribution in [0.5, 0.6) is 0 Å². The van der Waals surface area contributed by atoms with E-state index in [0.717, 1.165) is 29.9 Å². The van der Waals surface area contributed by atoms with Crippen molar-refractivity contribution >= 4 is 21.8 Å². The minimum atomic E-state index is -3.66. The molecule has 2 atom stereocenters. The molecule has 1 saturated heterocycles. The normalized spacial score (nSPS) is 17.9. The third-order valence-electron chi connectivity index (χ3n) is 5.39. The number of nitrogens with one attached hydrogen (secondary N) is 2. The Hall–Kier alpha value is -1.23. The maximum Gasteiger partial charge on any atom is 0.247 e. The van der Waals surface area contributed by atoms with E-state index >= 15 is 0 Å². The number of hydrogen-bond donors (Lipinski definition) is 3. The lowest BCUT2D eigenvalue weighted by atomic mass is 9.79. The SMILES string of the molecule is CC(C)C[C@@H](C(=O)NN(CC(C)C)S(C)(=O)=O)[C@H](CCC1CCOCC1)C(=O)NO. The first-order valence-electron chi connectivity index (χ1n) is 10.8. The van der Waals surface area contributed by atoms with Crippen LogP contribution >= 0.6 is 0 Å². The fraction of sp³-hybridized carbons (Fsp3) is 0.900. The molecule has 1 fully saturated rings. The summed E-state index contributed by atoms with van der Waals surface area (Å²) in [6.07, 6.45) is 4.43. The Morgan fingerprint density at radius 3 is 2.13 bits per heavy atom. The standard InChI is InChI=1S/C20H39N3O6S/c1-14(2)12-18(19(24)21-23(13-15(3)4)30(5,27)28)17(20(25)22-26)7-6-16-8-10-29-11-9-16/h14-18,26H,6-13H2,1-5H3,(H,21,24)(H,22,25)/t17-,18+/m0/s1. The number of carbonyl (C=O) groups is 2. The minimum absolute atomic E-state index is 0.00799. The van der Waals surface area contributed by atoms with Crippen LogP contribution in [0.15, 0.2) is 0 Å². The van der Waals surface area contributed by atoms with Crippen molar-refractivity contribution in [3.63, 3.8) is 0 Å². The van der Waals surface area contributed by atoms with Gasteiger partial charge in [-0.05, 0) is 49.9 Å². The third-order valence-corrected chi connectivity index (χ3v) is 6.43. The van der Waals surface area contributed by atoms with Crippen molar-refractivity contribution in [3.05, 3.63) is 0 Å². The zero-order valence-corrected chi connectivity index (χ0v) is 19.7. The fourth-order valence-corrected chi connectivity index (χ4v) is 4.64. The average molecular weight is 450 g/mol. The highest BCUT2D eigenvalue weighted by molar-refractivity contribution is 7.88. The van der Waals surface area contributed by atoms with E-state index in [4.69, 9.17) is 4.74 Å². The summed E-state index contributed by atoms with van der Waals surface area (Å²) in [5.74, 6) is -2.12. The smallest absolute Gasteiger partial charge is 0.247 e. The van der Waals surface area contributed by atoms with E-state index in [9.17, 15) is 23.2 Å². The average Bonchev–Trinajstić information content (AvgIpc) is 2.65. The summed E-state index contributed by atoms with van der Waals surface area (Å²) in [5.41, 5.74) is 4.22. The van der Waals surface area contributed by atoms with Crippen molar-refractivity contribution < 1.29 is 28.0 Å². The number of sulfonamides is 1. The Kier molecular flexibility index (Phi) is 11.2. The van der Waals surface area contributed by atoms with Gasteiger partial charge in [-0.2, -0.15) is 0 Å². The molecule has 1 heterocycles. The van der Waals surface area contributed by atoms with Crippen LogP contribution in [0.25, 0.3) is 0 Å². The van der Waals surface area contributed by atoms with Crippen molar-refractivity contribution in [3.8, 4) is 0 Å². The number of hydrazine groups is 1. The second-order valence-electron chi connectivity index (χ2n) is 9.12. The zero-order chi connectivity index (χ0) is 22.9. The molecule has 0 bridgehead atoms. The second-order valence-corrected chi connectivity index (χ2v) is 11.0. The van der Waals surface area contributed by atoms with Crippen LogP contribution in [0.3, 0.4) is 0 Å². The van der Waals surface area contributed by atoms with Crippen molar-refractivity contribution in [2.75, 3.05) is 26.0 Å². The van der Waals surface area contributed by atoms with E-state index in [1.54, 1.807) is 5.48 Å². The number of hydrogen-bond acceptors (Lipinski definition) is 6. The molecule has 10 heteroatoms. The van der Waals surface area contributed by atoms with Gasteiger partial charge in [0.2, 0.25) is 21.8 Å². The first-order valence-corrected chi connectivity index (χ1v) is 12.6. The summed E-state index contributed by atoms with van der Waals surface area (Å²) in [7, 11) is -3.66. The minimum Gasteiger partial charge on any atom is -0.381 e. The molecule has 0 aromatic carbocycles. The molecule has 3 N–H and O–H groups in total. The van der Waals surface area contributed by atoms with Gasteiger partial charge < -0.3 is 4.74 Å². The fourth-order valence-electron chi connectivity index (χ4n) is 3.81. The highest BCUT2D eigenvalue weighted by Crippen LogP contribution is 2.30. The van der Waals surface area contributed by atoms with E-state index < -0.39 is 33.7 Å². The van der Waals surface area contributed by atoms with E-state index in [-0.39, 0.29) is 18.4 Å². The number of carbonyl (C=O) groups excluding carboxylic acids is 2. The molecule has 0 spiro atoms. The number of nitrogens with zero attached hydrogens (tertiary/aromatic N) is 1. The maximum atomic E-state index is 13.1. The maximum absolute atomic E-state index is 13.1. The van der Waals surface area contributed by atoms with Gasteiger partial charge in [0.05, 0.1) is 18.1 Å². The van der Waals surface area contributed by atoms with Gasteiger partial charge in [0.15, 0.2) is 0 Å². The van der Waals surface area contributed by atoms with Crippen LogP contribution in [0.1, 0.15) is 59.8 Å². The molecular weight excluding hydrogens is 410 g/mol. The van der Waals surface area contributed by atoms with E-state index in [2.05, 4.69) is 5.43 Å². The monoisotopic (exact) mass is 449 g/mol. The van der Waals surface area contributed by atoms with Gasteiger partial charge in [-0.15, -0.1) is 4.41 Å². The summed E-state index contributed by atoms with van der Waals surface area (Å²) < 4.78 is 30.6. The van der Waals surface area contributed by atoms with Gasteiger partial charge in [-0.25, -0.2) is 13.9 Å². The Morgan fingerprint density at radius 2 is 1.67 bits per heavy atom. The molecule has 1 aliphatic rings. The molecule has 0 unspecified atom stereocenters. The molecule has 0 saturated carbocycles. The number of hydroxylamine groups is 1. The van der Waals surface area contributed by atoms with Gasteiger partial charge in [0.1, 0.15) is 0 Å². The van der Waals surface area contributed by atoms with Crippen molar-refractivity contribution in [1.82, 2.24) is 15.3 Å². The molecule has 2 amide bonds. The summed E-state index contributed by atoms with van der Waals surface area (Å²) in [6, 6.07) is 0. The highest BCUT2D eigenvalue weighted by Gasteiger charge is 2.36. The van der Waals surface area contributed by atoms with Gasteiger partial charge in [-0.3, -0.25) is 20.2 Å². The van der Waals surface area contributed by atoms with E-state index in [1.807, 2.05) is 27.7 Å². The highest BCUT2D eigenvalue weighted by atomic mass is 32.2. The molecule has 0 aromatic rings. The summed E-state index contributed by atoms with van der Waals surface area (Å²) >= 11 is 0. The lowest BCUT2D eigenvalue weighted by molar-refractivity contribution is -0.142. The van der Waals surface area contributed by atoms with Crippen molar-refractivity contribution in [2.45, 2.75) is 59.8 Å². The first kappa shape index (κ1) is 26.8. The van der Waals surface area contributed by atoms with Crippen LogP contribution in [0, 0.1) is 29.6 Å². The lowest BCUT2D eigenvalue weighted by Crippen LogP contribution is -2.51. The van der Waals surface area contributed by atoms with Crippen LogP contribution in [0.4, 0.5) is 0 Å². The summed E-state index contributed by atoms with van der Waals surface area (Å²) in [6.45, 7) is 9.10. The molecule has 0 radical (unpaired) electrons. The van der Waals surface area contributed by atoms with Crippen molar-refractivity contribution in [1.29, 1.82) is 0 Å². The van der Waals surface area contributed by atoms with Gasteiger partial charge in [0, 0.05) is 19.8 Å². The predicted octanol–water partition coefficient (Wildman–Crippen LogP) is 1.93. The number of amides is 2. The Labute approximate surface area is 180 Å². The Balaban J connectivity index is 3.03. The molecule has 1 aliphatic heterocycles. The Morgan fingerprint density at radius 1 is 1.07 bits per heavy atom. The molecule has 176 valence electrons. The molecule has 0 aliphatic carbocycles. The van der Waals surface area contributed by atoms with Crippen LogP contribution in [-0.4, -0.2) is 55.9 Å². The molecular formula is C20H39N3O6S. The summed E-state index contributed by atoms with van der Waals surface area (Å²) in [5, 5.41) is 9.28. The third kappa shape index (κ3) is 9.28. The van der Waals surface area contributed by atoms with Crippen LogP contribution < -0.4 is 10.9 Å². The van der Waals surface area contributed by atoms with E-state index in [0.29, 0.717) is 32.0 Å². The molecule has 9 nitrogen and oxygen atoms in total. The molecule has 0 aromatic heterocycles. The largest absolute Gasteiger partial charge is 0.381 e. The molecule has 30 heavy (non-hydrogen) atoms. The van der Waals surface area contributed by atoms with Crippen molar-refractivity contribution in [2.24, 2.45) is 29.6 Å². The second kappa shape index (κ2) is 12.6. The zero-order valence-electron chi connectivity index (χ0n) is 18.9.